The van der Waals surface area contributed by atoms with Crippen molar-refractivity contribution in [1.82, 2.24) is 4.90 Å². The molecule has 0 N–H and O–H groups in total. The van der Waals surface area contributed by atoms with Crippen LogP contribution in [0, 0.1) is 0 Å². The van der Waals surface area contributed by atoms with Gasteiger partial charge in [0.25, 0.3) is 0 Å². The van der Waals surface area contributed by atoms with Crippen molar-refractivity contribution in [2.75, 3.05) is 13.2 Å². The van der Waals surface area contributed by atoms with Crippen LogP contribution in [0.2, 0.25) is 0 Å². The molecule has 0 bridgehead atoms. The molecule has 1 atom stereocenters. The molecule has 24 heavy (non-hydrogen) atoms. The molecule has 1 aliphatic rings. The fraction of sp³-hybridized carbons (Fsp3) is 0.353. The van der Waals surface area contributed by atoms with Crippen LogP contribution in [0.4, 0.5) is 4.79 Å². The maximum absolute atomic E-state index is 12.4. The van der Waals surface area contributed by atoms with E-state index in [-0.39, 0.29) is 18.9 Å². The van der Waals surface area contributed by atoms with Gasteiger partial charge >= 0.3 is 17.8 Å². The second kappa shape index (κ2) is 7.57. The molecule has 1 unspecified atom stereocenters. The Balaban J connectivity index is 2.60. The Morgan fingerprint density at radius 1 is 1.21 bits per heavy atom. The Hall–Kier alpha value is -2.92. The highest BCUT2D eigenvalue weighted by Gasteiger charge is 2.44. The van der Waals surface area contributed by atoms with Crippen LogP contribution >= 0.6 is 0 Å². The summed E-state index contributed by atoms with van der Waals surface area (Å²) in [5.74, 6) is -0.788. The van der Waals surface area contributed by atoms with Gasteiger partial charge in [-0.3, -0.25) is 4.90 Å². The van der Waals surface area contributed by atoms with E-state index in [2.05, 4.69) is 4.79 Å². The minimum atomic E-state index is -0.922. The Morgan fingerprint density at radius 3 is 2.50 bits per heavy atom. The van der Waals surface area contributed by atoms with Crippen LogP contribution in [0.15, 0.2) is 30.0 Å². The minimum Gasteiger partial charge on any atom is -0.457 e. The van der Waals surface area contributed by atoms with Gasteiger partial charge in [0.2, 0.25) is 0 Å². The van der Waals surface area contributed by atoms with Crippen LogP contribution in [0.3, 0.4) is 0 Å². The monoisotopic (exact) mass is 329 g/mol. The van der Waals surface area contributed by atoms with Gasteiger partial charge in [0.1, 0.15) is 0 Å². The summed E-state index contributed by atoms with van der Waals surface area (Å²) in [6, 6.07) is 6.33. The van der Waals surface area contributed by atoms with Gasteiger partial charge in [-0.2, -0.15) is 4.79 Å². The predicted molar refractivity (Wildman–Crippen MR) is 87.0 cm³/mol. The van der Waals surface area contributed by atoms with Crippen molar-refractivity contribution in [1.29, 1.82) is 0 Å². The normalized spacial score (nSPS) is 15.7. The van der Waals surface area contributed by atoms with E-state index < -0.39 is 18.1 Å². The molecule has 0 saturated heterocycles. The van der Waals surface area contributed by atoms with E-state index in [1.807, 2.05) is 18.2 Å². The molecule has 1 heterocycles. The molecule has 0 aliphatic carbocycles. The highest BCUT2D eigenvalue weighted by molar-refractivity contribution is 6.36. The third kappa shape index (κ3) is 3.21. The number of carbonyl (C=O) groups is 2. The number of amides is 1. The van der Waals surface area contributed by atoms with Gasteiger partial charge < -0.3 is 15.0 Å². The van der Waals surface area contributed by atoms with Crippen LogP contribution in [-0.4, -0.2) is 40.7 Å². The highest BCUT2D eigenvalue weighted by atomic mass is 16.6. The molecule has 0 spiro atoms. The zero-order valence-corrected chi connectivity index (χ0v) is 13.9. The van der Waals surface area contributed by atoms with Crippen molar-refractivity contribution in [3.05, 3.63) is 46.6 Å². The van der Waals surface area contributed by atoms with Gasteiger partial charge in [0, 0.05) is 5.70 Å². The van der Waals surface area contributed by atoms with E-state index in [1.54, 1.807) is 32.9 Å². The first-order chi connectivity index (χ1) is 11.5. The lowest BCUT2D eigenvalue weighted by atomic mass is 9.91. The van der Waals surface area contributed by atoms with Gasteiger partial charge in [-0.15, -0.1) is 0 Å². The zero-order chi connectivity index (χ0) is 17.7. The Morgan fingerprint density at radius 2 is 1.88 bits per heavy atom. The number of allylic oxidation sites excluding steroid dienone is 1. The zero-order valence-electron chi connectivity index (χ0n) is 13.9. The van der Waals surface area contributed by atoms with E-state index in [0.29, 0.717) is 11.3 Å². The fourth-order valence-electron chi connectivity index (χ4n) is 2.65. The summed E-state index contributed by atoms with van der Waals surface area (Å²) >= 11 is 0. The molecular formula is C17H19N3O4. The van der Waals surface area contributed by atoms with Crippen LogP contribution in [-0.2, 0) is 14.3 Å². The predicted octanol–water partition coefficient (Wildman–Crippen LogP) is 2.79. The van der Waals surface area contributed by atoms with Crippen LogP contribution in [0.25, 0.3) is 11.6 Å². The molecule has 126 valence electrons. The van der Waals surface area contributed by atoms with Crippen molar-refractivity contribution in [2.24, 2.45) is 0 Å². The van der Waals surface area contributed by atoms with E-state index in [4.69, 9.17) is 9.47 Å². The van der Waals surface area contributed by atoms with Crippen LogP contribution < -0.4 is 0 Å². The average Bonchev–Trinajstić information content (AvgIpc) is 2.55. The summed E-state index contributed by atoms with van der Waals surface area (Å²) in [6.07, 6.45) is 1.18. The van der Waals surface area contributed by atoms with Gasteiger partial charge in [0.15, 0.2) is 6.04 Å². The molecule has 0 radical (unpaired) electrons. The first kappa shape index (κ1) is 17.4. The van der Waals surface area contributed by atoms with E-state index >= 15 is 0 Å². The number of hydrogen-bond acceptors (Lipinski definition) is 4. The average molecular weight is 329 g/mol. The molecular weight excluding hydrogens is 310 g/mol. The highest BCUT2D eigenvalue weighted by Crippen LogP contribution is 2.35. The summed E-state index contributed by atoms with van der Waals surface area (Å²) in [4.78, 5) is 29.0. The van der Waals surface area contributed by atoms with E-state index in [1.165, 1.54) is 4.90 Å². The van der Waals surface area contributed by atoms with Gasteiger partial charge in [-0.25, -0.2) is 9.59 Å². The van der Waals surface area contributed by atoms with Crippen LogP contribution in [0.5, 0.6) is 0 Å². The molecule has 1 aromatic carbocycles. The number of hydrogen-bond donors (Lipinski definition) is 0. The van der Waals surface area contributed by atoms with Crippen molar-refractivity contribution in [3.63, 3.8) is 0 Å². The van der Waals surface area contributed by atoms with Gasteiger partial charge in [-0.1, -0.05) is 24.3 Å². The number of carbonyl (C=O) groups excluding carboxylic acids is 2. The van der Waals surface area contributed by atoms with Crippen molar-refractivity contribution in [2.45, 2.75) is 26.8 Å². The standard InChI is InChI=1S/C17H19N3O4/c1-4-23-16(21)14(19-18)15-13-9-7-6-8-12(13)10-11(3)20(15)17(22)24-5-2/h6-10,15H,4-5H2,1-3H3. The molecule has 1 aromatic rings. The lowest BCUT2D eigenvalue weighted by Crippen LogP contribution is -2.43. The fourth-order valence-corrected chi connectivity index (χ4v) is 2.65. The maximum atomic E-state index is 12.4. The first-order valence-electron chi connectivity index (χ1n) is 7.67. The van der Waals surface area contributed by atoms with Crippen LogP contribution in [0.1, 0.15) is 37.9 Å². The van der Waals surface area contributed by atoms with E-state index in [0.717, 1.165) is 5.56 Å². The molecule has 1 aliphatic heterocycles. The summed E-state index contributed by atoms with van der Waals surface area (Å²) in [6.45, 7) is 5.37. The number of nitrogens with zero attached hydrogens (tertiary/aromatic N) is 3. The Bertz CT molecular complexity index is 735. The SMILES string of the molecule is CCOC(=O)C(=[N+]=[N-])C1c2ccccc2C=C(C)N1C(=O)OCC. The molecule has 7 nitrogen and oxygen atoms in total. The molecule has 7 heteroatoms. The summed E-state index contributed by atoms with van der Waals surface area (Å²) in [7, 11) is 0. The maximum Gasteiger partial charge on any atom is 0.419 e. The largest absolute Gasteiger partial charge is 0.457 e. The molecule has 1 amide bonds. The van der Waals surface area contributed by atoms with Crippen molar-refractivity contribution >= 4 is 23.9 Å². The lowest BCUT2D eigenvalue weighted by Gasteiger charge is -2.32. The smallest absolute Gasteiger partial charge is 0.419 e. The number of fused-ring (bicyclic) bond motifs is 1. The third-order valence-corrected chi connectivity index (χ3v) is 3.61. The van der Waals surface area contributed by atoms with Crippen molar-refractivity contribution in [3.8, 4) is 0 Å². The minimum absolute atomic E-state index is 0.125. The number of ether oxygens (including phenoxy) is 2. The molecule has 0 fully saturated rings. The van der Waals surface area contributed by atoms with Gasteiger partial charge in [-0.05, 0) is 38.0 Å². The second-order valence-electron chi connectivity index (χ2n) is 5.09. The second-order valence-corrected chi connectivity index (χ2v) is 5.09. The molecule has 2 rings (SSSR count). The third-order valence-electron chi connectivity index (χ3n) is 3.61. The topological polar surface area (TPSA) is 92.2 Å². The lowest BCUT2D eigenvalue weighted by molar-refractivity contribution is -0.140. The quantitative estimate of drug-likeness (QED) is 0.367. The number of rotatable bonds is 4. The van der Waals surface area contributed by atoms with Gasteiger partial charge in [0.05, 0.1) is 13.2 Å². The number of esters is 1. The van der Waals surface area contributed by atoms with Crippen molar-refractivity contribution < 1.29 is 23.9 Å². The Labute approximate surface area is 140 Å². The number of benzene rings is 1. The summed E-state index contributed by atoms with van der Waals surface area (Å²) < 4.78 is 10.0. The molecule has 0 saturated carbocycles. The van der Waals surface area contributed by atoms with E-state index in [9.17, 15) is 15.1 Å². The summed E-state index contributed by atoms with van der Waals surface area (Å²) in [5, 5.41) is 0. The Kier molecular flexibility index (Phi) is 5.50. The molecule has 0 aromatic heterocycles. The summed E-state index contributed by atoms with van der Waals surface area (Å²) in [5.41, 5.74) is 11.2. The first-order valence-corrected chi connectivity index (χ1v) is 7.67.